The van der Waals surface area contributed by atoms with Crippen LogP contribution in [0, 0.1) is 6.92 Å². The Morgan fingerprint density at radius 3 is 2.24 bits per heavy atom. The van der Waals surface area contributed by atoms with Crippen LogP contribution in [0.5, 0.6) is 17.2 Å². The first-order valence-electron chi connectivity index (χ1n) is 8.20. The minimum atomic E-state index is -0.238. The van der Waals surface area contributed by atoms with Crippen molar-refractivity contribution in [3.8, 4) is 17.2 Å². The molecule has 0 unspecified atom stereocenters. The van der Waals surface area contributed by atoms with E-state index in [1.54, 1.807) is 14.2 Å². The monoisotopic (exact) mass is 343 g/mol. The van der Waals surface area contributed by atoms with Crippen LogP contribution in [0.1, 0.15) is 30.9 Å². The van der Waals surface area contributed by atoms with Crippen molar-refractivity contribution in [3.05, 3.63) is 47.5 Å². The van der Waals surface area contributed by atoms with Gasteiger partial charge < -0.3 is 19.5 Å². The fraction of sp³-hybridized carbons (Fsp3) is 0.350. The predicted octanol–water partition coefficient (Wildman–Crippen LogP) is 4.15. The molecule has 2 aromatic rings. The highest BCUT2D eigenvalue weighted by Crippen LogP contribution is 2.38. The van der Waals surface area contributed by atoms with E-state index in [1.165, 1.54) is 0 Å². The van der Waals surface area contributed by atoms with E-state index in [0.29, 0.717) is 23.2 Å². The van der Waals surface area contributed by atoms with E-state index in [1.807, 2.05) is 43.3 Å². The lowest BCUT2D eigenvalue weighted by Gasteiger charge is -2.16. The molecule has 25 heavy (non-hydrogen) atoms. The van der Waals surface area contributed by atoms with Crippen LogP contribution in [0.15, 0.2) is 36.4 Å². The third-order valence-corrected chi connectivity index (χ3v) is 3.81. The van der Waals surface area contributed by atoms with Crippen LogP contribution in [-0.2, 0) is 4.79 Å². The first-order valence-corrected chi connectivity index (χ1v) is 8.20. The van der Waals surface area contributed by atoms with Gasteiger partial charge in [-0.2, -0.15) is 0 Å². The molecule has 0 aromatic heterocycles. The number of hydrogen-bond donors (Lipinski definition) is 1. The minimum Gasteiger partial charge on any atom is -0.493 e. The number of rotatable bonds is 7. The number of aryl methyl sites for hydroxylation is 1. The number of carbonyl (C=O) groups excluding carboxylic acids is 1. The summed E-state index contributed by atoms with van der Waals surface area (Å²) in [4.78, 5) is 12.3. The number of para-hydroxylation sites is 1. The molecule has 0 spiro atoms. The maximum absolute atomic E-state index is 12.3. The van der Waals surface area contributed by atoms with Gasteiger partial charge in [-0.3, -0.25) is 4.79 Å². The Morgan fingerprint density at radius 2 is 1.68 bits per heavy atom. The predicted molar refractivity (Wildman–Crippen MR) is 98.9 cm³/mol. The van der Waals surface area contributed by atoms with Crippen molar-refractivity contribution < 1.29 is 19.0 Å². The van der Waals surface area contributed by atoms with Gasteiger partial charge in [-0.25, -0.2) is 0 Å². The van der Waals surface area contributed by atoms with Crippen LogP contribution < -0.4 is 19.5 Å². The summed E-state index contributed by atoms with van der Waals surface area (Å²) in [6, 6.07) is 11.4. The normalized spacial score (nSPS) is 10.5. The molecule has 0 saturated heterocycles. The summed E-state index contributed by atoms with van der Waals surface area (Å²) in [6.45, 7) is 5.97. The molecule has 0 radical (unpaired) electrons. The van der Waals surface area contributed by atoms with E-state index in [4.69, 9.17) is 14.2 Å². The van der Waals surface area contributed by atoms with Gasteiger partial charge in [0, 0.05) is 5.69 Å². The van der Waals surface area contributed by atoms with Gasteiger partial charge in [0.2, 0.25) is 5.75 Å². The SMILES string of the molecule is COc1cc(C)cc(OC)c1OCC(=O)Nc1ccccc1C(C)C. The fourth-order valence-electron chi connectivity index (χ4n) is 2.59. The van der Waals surface area contributed by atoms with E-state index in [2.05, 4.69) is 19.2 Å². The highest BCUT2D eigenvalue weighted by Gasteiger charge is 2.15. The number of nitrogens with one attached hydrogen (secondary N) is 1. The number of carbonyl (C=O) groups is 1. The number of anilines is 1. The zero-order valence-corrected chi connectivity index (χ0v) is 15.4. The van der Waals surface area contributed by atoms with E-state index in [0.717, 1.165) is 16.8 Å². The number of hydrogen-bond acceptors (Lipinski definition) is 4. The maximum Gasteiger partial charge on any atom is 0.262 e. The molecule has 134 valence electrons. The second-order valence-corrected chi connectivity index (χ2v) is 6.08. The van der Waals surface area contributed by atoms with Crippen molar-refractivity contribution in [1.82, 2.24) is 0 Å². The van der Waals surface area contributed by atoms with E-state index in [-0.39, 0.29) is 12.5 Å². The molecule has 0 atom stereocenters. The van der Waals surface area contributed by atoms with E-state index < -0.39 is 0 Å². The molecule has 1 N–H and O–H groups in total. The Morgan fingerprint density at radius 1 is 1.08 bits per heavy atom. The summed E-state index contributed by atoms with van der Waals surface area (Å²) in [5.74, 6) is 1.56. The van der Waals surface area contributed by atoms with Crippen molar-refractivity contribution in [1.29, 1.82) is 0 Å². The van der Waals surface area contributed by atoms with Gasteiger partial charge in [0.05, 0.1) is 14.2 Å². The van der Waals surface area contributed by atoms with Crippen LogP contribution in [0.2, 0.25) is 0 Å². The summed E-state index contributed by atoms with van der Waals surface area (Å²) < 4.78 is 16.3. The quantitative estimate of drug-likeness (QED) is 0.820. The van der Waals surface area contributed by atoms with Gasteiger partial charge in [0.1, 0.15) is 0 Å². The largest absolute Gasteiger partial charge is 0.493 e. The van der Waals surface area contributed by atoms with Crippen molar-refractivity contribution in [2.24, 2.45) is 0 Å². The zero-order valence-electron chi connectivity index (χ0n) is 15.4. The summed E-state index contributed by atoms with van der Waals surface area (Å²) in [5, 5.41) is 2.90. The van der Waals surface area contributed by atoms with Crippen LogP contribution in [0.25, 0.3) is 0 Å². The van der Waals surface area contributed by atoms with Crippen LogP contribution in [0.3, 0.4) is 0 Å². The second-order valence-electron chi connectivity index (χ2n) is 6.08. The molecule has 5 heteroatoms. The Labute approximate surface area is 148 Å². The molecule has 5 nitrogen and oxygen atoms in total. The fourth-order valence-corrected chi connectivity index (χ4v) is 2.59. The van der Waals surface area contributed by atoms with Crippen molar-refractivity contribution >= 4 is 11.6 Å². The molecule has 0 fully saturated rings. The molecule has 2 rings (SSSR count). The lowest BCUT2D eigenvalue weighted by molar-refractivity contribution is -0.118. The van der Waals surface area contributed by atoms with Crippen molar-refractivity contribution in [2.45, 2.75) is 26.7 Å². The van der Waals surface area contributed by atoms with E-state index in [9.17, 15) is 4.79 Å². The lowest BCUT2D eigenvalue weighted by atomic mass is 10.0. The van der Waals surface area contributed by atoms with E-state index >= 15 is 0 Å². The number of methoxy groups -OCH3 is 2. The van der Waals surface area contributed by atoms with Gasteiger partial charge in [0.15, 0.2) is 18.1 Å². The van der Waals surface area contributed by atoms with Crippen molar-refractivity contribution in [3.63, 3.8) is 0 Å². The van der Waals surface area contributed by atoms with Gasteiger partial charge in [0.25, 0.3) is 5.91 Å². The van der Waals surface area contributed by atoms with Crippen LogP contribution in [0.4, 0.5) is 5.69 Å². The lowest BCUT2D eigenvalue weighted by Crippen LogP contribution is -2.21. The van der Waals surface area contributed by atoms with Gasteiger partial charge >= 0.3 is 0 Å². The molecular formula is C20H25NO4. The smallest absolute Gasteiger partial charge is 0.262 e. The topological polar surface area (TPSA) is 56.8 Å². The van der Waals surface area contributed by atoms with Gasteiger partial charge in [-0.05, 0) is 42.2 Å². The number of amides is 1. The molecule has 0 bridgehead atoms. The Balaban J connectivity index is 2.11. The first kappa shape index (κ1) is 18.6. The molecule has 0 aliphatic rings. The Bertz CT molecular complexity index is 715. The van der Waals surface area contributed by atoms with Gasteiger partial charge in [-0.1, -0.05) is 32.0 Å². The first-order chi connectivity index (χ1) is 12.0. The molecule has 0 heterocycles. The Kier molecular flexibility index (Phi) is 6.28. The third-order valence-electron chi connectivity index (χ3n) is 3.81. The molecule has 1 amide bonds. The molecule has 2 aromatic carbocycles. The summed E-state index contributed by atoms with van der Waals surface area (Å²) in [5.41, 5.74) is 2.87. The Hall–Kier alpha value is -2.69. The third kappa shape index (κ3) is 4.66. The van der Waals surface area contributed by atoms with Crippen LogP contribution >= 0.6 is 0 Å². The number of ether oxygens (including phenoxy) is 3. The summed E-state index contributed by atoms with van der Waals surface area (Å²) >= 11 is 0. The average Bonchev–Trinajstić information content (AvgIpc) is 2.60. The average molecular weight is 343 g/mol. The standard InChI is InChI=1S/C20H25NO4/c1-13(2)15-8-6-7-9-16(15)21-19(22)12-25-20-17(23-4)10-14(3)11-18(20)24-5/h6-11,13H,12H2,1-5H3,(H,21,22). The highest BCUT2D eigenvalue weighted by molar-refractivity contribution is 5.92. The van der Waals surface area contributed by atoms with Gasteiger partial charge in [-0.15, -0.1) is 0 Å². The highest BCUT2D eigenvalue weighted by atomic mass is 16.5. The number of benzene rings is 2. The molecule has 0 saturated carbocycles. The molecule has 0 aliphatic heterocycles. The molecule has 0 aliphatic carbocycles. The van der Waals surface area contributed by atoms with Crippen molar-refractivity contribution in [2.75, 3.05) is 26.1 Å². The maximum atomic E-state index is 12.3. The van der Waals surface area contributed by atoms with Crippen LogP contribution in [-0.4, -0.2) is 26.7 Å². The summed E-state index contributed by atoms with van der Waals surface area (Å²) in [6.07, 6.45) is 0. The zero-order chi connectivity index (χ0) is 18.4. The summed E-state index contributed by atoms with van der Waals surface area (Å²) in [7, 11) is 3.11. The minimum absolute atomic E-state index is 0.137. The second kappa shape index (κ2) is 8.42. The molecular weight excluding hydrogens is 318 g/mol.